The molecule has 1 N–H and O–H groups in total. The van der Waals surface area contributed by atoms with Crippen molar-refractivity contribution in [2.75, 3.05) is 32.2 Å². The third kappa shape index (κ3) is 5.41. The van der Waals surface area contributed by atoms with Crippen LogP contribution in [-0.4, -0.2) is 46.2 Å². The Balaban J connectivity index is 2.56. The Morgan fingerprint density at radius 3 is 2.68 bits per heavy atom. The van der Waals surface area contributed by atoms with E-state index in [4.69, 9.17) is 20.2 Å². The third-order valence-corrected chi connectivity index (χ3v) is 5.14. The highest BCUT2D eigenvalue weighted by molar-refractivity contribution is 8.15. The summed E-state index contributed by atoms with van der Waals surface area (Å²) >= 11 is 0.795. The highest BCUT2D eigenvalue weighted by atomic mass is 35.7. The van der Waals surface area contributed by atoms with Crippen LogP contribution >= 0.6 is 22.0 Å². The van der Waals surface area contributed by atoms with Crippen molar-refractivity contribution in [3.05, 3.63) is 5.69 Å². The molecule has 10 heteroatoms. The molecule has 0 bridgehead atoms. The number of ether oxygens (including phenoxy) is 2. The van der Waals surface area contributed by atoms with Gasteiger partial charge >= 0.3 is 0 Å². The number of rotatable bonds is 7. The SMILES string of the molecule is COCCOCC(=O)Nc1nc(C)c(S(=O)(=O)Cl)s1. The normalized spacial score (nSPS) is 11.5. The number of nitrogens with zero attached hydrogens (tertiary/aromatic N) is 1. The van der Waals surface area contributed by atoms with Gasteiger partial charge in [-0.1, -0.05) is 11.3 Å². The number of hydrogen-bond donors (Lipinski definition) is 1. The van der Waals surface area contributed by atoms with Gasteiger partial charge in [0, 0.05) is 17.8 Å². The molecule has 0 aromatic carbocycles. The Morgan fingerprint density at radius 2 is 2.16 bits per heavy atom. The smallest absolute Gasteiger partial charge is 0.272 e. The Morgan fingerprint density at radius 1 is 1.47 bits per heavy atom. The van der Waals surface area contributed by atoms with Gasteiger partial charge in [0.1, 0.15) is 6.61 Å². The van der Waals surface area contributed by atoms with Crippen molar-refractivity contribution in [2.24, 2.45) is 0 Å². The van der Waals surface area contributed by atoms with E-state index in [1.165, 1.54) is 14.0 Å². The zero-order valence-electron chi connectivity index (χ0n) is 10.3. The largest absolute Gasteiger partial charge is 0.382 e. The van der Waals surface area contributed by atoms with E-state index in [2.05, 4.69) is 10.3 Å². The molecular formula is C9H13ClN2O5S2. The number of aryl methyl sites for hydroxylation is 1. The van der Waals surface area contributed by atoms with Gasteiger partial charge in [-0.15, -0.1) is 0 Å². The van der Waals surface area contributed by atoms with Crippen molar-refractivity contribution in [1.82, 2.24) is 4.98 Å². The molecule has 1 rings (SSSR count). The summed E-state index contributed by atoms with van der Waals surface area (Å²) < 4.78 is 32.0. The molecule has 1 aromatic rings. The molecule has 1 heterocycles. The van der Waals surface area contributed by atoms with Crippen molar-refractivity contribution < 1.29 is 22.7 Å². The van der Waals surface area contributed by atoms with Gasteiger partial charge in [-0.3, -0.25) is 10.1 Å². The number of nitrogens with one attached hydrogen (secondary N) is 1. The van der Waals surface area contributed by atoms with Gasteiger partial charge in [0.2, 0.25) is 0 Å². The van der Waals surface area contributed by atoms with Gasteiger partial charge in [0.25, 0.3) is 15.0 Å². The van der Waals surface area contributed by atoms with Crippen LogP contribution in [0.5, 0.6) is 0 Å². The lowest BCUT2D eigenvalue weighted by Crippen LogP contribution is -2.19. The summed E-state index contributed by atoms with van der Waals surface area (Å²) in [6.07, 6.45) is 0. The van der Waals surface area contributed by atoms with Gasteiger partial charge in [-0.2, -0.15) is 0 Å². The van der Waals surface area contributed by atoms with Crippen LogP contribution in [-0.2, 0) is 23.3 Å². The molecule has 0 saturated carbocycles. The Labute approximate surface area is 119 Å². The topological polar surface area (TPSA) is 94.6 Å². The second kappa shape index (κ2) is 7.15. The molecule has 0 aliphatic rings. The predicted molar refractivity (Wildman–Crippen MR) is 71.2 cm³/mol. The third-order valence-electron chi connectivity index (χ3n) is 1.89. The fraction of sp³-hybridized carbons (Fsp3) is 0.556. The lowest BCUT2D eigenvalue weighted by molar-refractivity contribution is -0.121. The summed E-state index contributed by atoms with van der Waals surface area (Å²) in [5.74, 6) is -0.427. The molecule has 19 heavy (non-hydrogen) atoms. The maximum Gasteiger partial charge on any atom is 0.272 e. The van der Waals surface area contributed by atoms with Crippen molar-refractivity contribution in [3.63, 3.8) is 0 Å². The van der Waals surface area contributed by atoms with Crippen LogP contribution in [0, 0.1) is 6.92 Å². The first-order valence-corrected chi connectivity index (χ1v) is 8.26. The Hall–Kier alpha value is -0.740. The number of carbonyl (C=O) groups is 1. The van der Waals surface area contributed by atoms with Gasteiger partial charge in [-0.05, 0) is 6.92 Å². The summed E-state index contributed by atoms with van der Waals surface area (Å²) in [7, 11) is 2.90. The van der Waals surface area contributed by atoms with E-state index in [9.17, 15) is 13.2 Å². The van der Waals surface area contributed by atoms with Gasteiger partial charge in [0.15, 0.2) is 9.34 Å². The molecule has 0 atom stereocenters. The van der Waals surface area contributed by atoms with Gasteiger partial charge in [-0.25, -0.2) is 13.4 Å². The molecule has 108 valence electrons. The van der Waals surface area contributed by atoms with E-state index < -0.39 is 15.0 Å². The lowest BCUT2D eigenvalue weighted by atomic mass is 10.6. The fourth-order valence-electron chi connectivity index (χ4n) is 1.12. The number of amides is 1. The molecular weight excluding hydrogens is 316 g/mol. The molecule has 0 saturated heterocycles. The highest BCUT2D eigenvalue weighted by Crippen LogP contribution is 2.29. The standard InChI is InChI=1S/C9H13ClN2O5S2/c1-6-8(19(10,14)15)18-9(11-6)12-7(13)5-17-4-3-16-2/h3-5H2,1-2H3,(H,11,12,13). The molecule has 0 spiro atoms. The monoisotopic (exact) mass is 328 g/mol. The first-order valence-electron chi connectivity index (χ1n) is 5.13. The minimum Gasteiger partial charge on any atom is -0.382 e. The number of hydrogen-bond acceptors (Lipinski definition) is 7. The van der Waals surface area contributed by atoms with Gasteiger partial charge in [0.05, 0.1) is 18.9 Å². The van der Waals surface area contributed by atoms with Crippen molar-refractivity contribution >= 4 is 42.1 Å². The fourth-order valence-corrected chi connectivity index (χ4v) is 3.49. The average molecular weight is 329 g/mol. The maximum absolute atomic E-state index is 11.5. The second-order valence-corrected chi connectivity index (χ2v) is 7.18. The minimum absolute atomic E-state index is 0.0789. The second-order valence-electron chi connectivity index (χ2n) is 3.42. The number of anilines is 1. The Kier molecular flexibility index (Phi) is 6.14. The first kappa shape index (κ1) is 16.3. The highest BCUT2D eigenvalue weighted by Gasteiger charge is 2.20. The number of methoxy groups -OCH3 is 1. The molecule has 0 unspecified atom stereocenters. The molecule has 0 fully saturated rings. The van der Waals surface area contributed by atoms with E-state index in [0.29, 0.717) is 13.2 Å². The van der Waals surface area contributed by atoms with Crippen LogP contribution in [0.25, 0.3) is 0 Å². The van der Waals surface area contributed by atoms with E-state index in [1.807, 2.05) is 0 Å². The number of carbonyl (C=O) groups excluding carboxylic acids is 1. The number of halogens is 1. The summed E-state index contributed by atoms with van der Waals surface area (Å²) in [6, 6.07) is 0. The van der Waals surface area contributed by atoms with Crippen molar-refractivity contribution in [2.45, 2.75) is 11.1 Å². The Bertz CT molecular complexity index is 543. The van der Waals surface area contributed by atoms with Crippen LogP contribution in [0.2, 0.25) is 0 Å². The summed E-state index contributed by atoms with van der Waals surface area (Å²) in [4.78, 5) is 15.4. The van der Waals surface area contributed by atoms with Crippen molar-refractivity contribution in [1.29, 1.82) is 0 Å². The maximum atomic E-state index is 11.5. The molecule has 0 aliphatic carbocycles. The first-order chi connectivity index (χ1) is 8.84. The van der Waals surface area contributed by atoms with Crippen LogP contribution < -0.4 is 5.32 Å². The van der Waals surface area contributed by atoms with Gasteiger partial charge < -0.3 is 9.47 Å². The van der Waals surface area contributed by atoms with Crippen molar-refractivity contribution in [3.8, 4) is 0 Å². The van der Waals surface area contributed by atoms with E-state index >= 15 is 0 Å². The van der Waals surface area contributed by atoms with E-state index in [0.717, 1.165) is 11.3 Å². The number of aromatic nitrogens is 1. The predicted octanol–water partition coefficient (Wildman–Crippen LogP) is 0.981. The van der Waals surface area contributed by atoms with Crippen LogP contribution in [0.3, 0.4) is 0 Å². The summed E-state index contributed by atoms with van der Waals surface area (Å²) in [5.41, 5.74) is 0.246. The molecule has 1 amide bonds. The lowest BCUT2D eigenvalue weighted by Gasteiger charge is -2.02. The minimum atomic E-state index is -3.84. The van der Waals surface area contributed by atoms with E-state index in [-0.39, 0.29) is 21.6 Å². The quantitative estimate of drug-likeness (QED) is 0.592. The van der Waals surface area contributed by atoms with Crippen LogP contribution in [0.15, 0.2) is 4.21 Å². The average Bonchev–Trinajstić information content (AvgIpc) is 2.65. The molecule has 1 aromatic heterocycles. The molecule has 0 radical (unpaired) electrons. The summed E-state index contributed by atoms with van der Waals surface area (Å²) in [6.45, 7) is 2.02. The molecule has 7 nitrogen and oxygen atoms in total. The van der Waals surface area contributed by atoms with Crippen LogP contribution in [0.1, 0.15) is 5.69 Å². The molecule has 0 aliphatic heterocycles. The zero-order chi connectivity index (χ0) is 14.5. The number of thiazole rings is 1. The van der Waals surface area contributed by atoms with E-state index in [1.54, 1.807) is 0 Å². The summed E-state index contributed by atoms with van der Waals surface area (Å²) in [5, 5.41) is 2.60. The van der Waals surface area contributed by atoms with Crippen LogP contribution in [0.4, 0.5) is 5.13 Å². The zero-order valence-corrected chi connectivity index (χ0v) is 12.7.